The van der Waals surface area contributed by atoms with Gasteiger partial charge in [0.25, 0.3) is 0 Å². The Morgan fingerprint density at radius 1 is 0.963 bits per heavy atom. The highest BCUT2D eigenvalue weighted by Crippen LogP contribution is 2.24. The van der Waals surface area contributed by atoms with Crippen LogP contribution in [0.2, 0.25) is 5.28 Å². The molecule has 2 aromatic carbocycles. The van der Waals surface area contributed by atoms with Gasteiger partial charge < -0.3 is 9.47 Å². The van der Waals surface area contributed by atoms with Crippen molar-refractivity contribution in [3.63, 3.8) is 0 Å². The Morgan fingerprint density at radius 2 is 1.74 bits per heavy atom. The van der Waals surface area contributed by atoms with Gasteiger partial charge in [-0.3, -0.25) is 4.68 Å². The van der Waals surface area contributed by atoms with Gasteiger partial charge in [0, 0.05) is 0 Å². The minimum Gasteiger partial charge on any atom is -0.497 e. The van der Waals surface area contributed by atoms with Gasteiger partial charge in [-0.15, -0.1) is 0 Å². The van der Waals surface area contributed by atoms with Crippen LogP contribution in [0, 0.1) is 0 Å². The average molecular weight is 381 g/mol. The van der Waals surface area contributed by atoms with Crippen LogP contribution < -0.4 is 9.47 Å². The predicted molar refractivity (Wildman–Crippen MR) is 103 cm³/mol. The van der Waals surface area contributed by atoms with Gasteiger partial charge in [-0.1, -0.05) is 42.5 Å². The number of rotatable bonds is 6. The van der Waals surface area contributed by atoms with Crippen LogP contribution in [-0.4, -0.2) is 26.9 Å². The summed E-state index contributed by atoms with van der Waals surface area (Å²) in [5, 5.41) is 4.71. The van der Waals surface area contributed by atoms with Crippen LogP contribution in [0.25, 0.3) is 11.0 Å². The van der Waals surface area contributed by atoms with Crippen LogP contribution in [0.1, 0.15) is 11.1 Å². The molecule has 0 saturated carbocycles. The molecule has 0 N–H and O–H groups in total. The highest BCUT2D eigenvalue weighted by atomic mass is 35.5. The monoisotopic (exact) mass is 380 g/mol. The Hall–Kier alpha value is -3.12. The number of hydrogen-bond donors (Lipinski definition) is 0. The van der Waals surface area contributed by atoms with E-state index in [2.05, 4.69) is 15.1 Å². The third-order valence-corrected chi connectivity index (χ3v) is 4.24. The van der Waals surface area contributed by atoms with E-state index in [0.717, 1.165) is 16.9 Å². The highest BCUT2D eigenvalue weighted by Gasteiger charge is 2.13. The molecule has 0 bridgehead atoms. The number of halogens is 1. The number of hydrogen-bond acceptors (Lipinski definition) is 5. The zero-order valence-electron chi connectivity index (χ0n) is 14.7. The van der Waals surface area contributed by atoms with Crippen LogP contribution in [0.4, 0.5) is 0 Å². The van der Waals surface area contributed by atoms with Crippen molar-refractivity contribution in [1.82, 2.24) is 19.7 Å². The van der Waals surface area contributed by atoms with Gasteiger partial charge in [0.2, 0.25) is 11.2 Å². The molecular formula is C20H17ClN4O2. The quantitative estimate of drug-likeness (QED) is 0.471. The van der Waals surface area contributed by atoms with E-state index in [1.807, 2.05) is 60.8 Å². The van der Waals surface area contributed by atoms with Crippen molar-refractivity contribution in [2.75, 3.05) is 7.11 Å². The number of nitrogens with zero attached hydrogens (tertiary/aromatic N) is 4. The number of benzene rings is 2. The van der Waals surface area contributed by atoms with Crippen LogP contribution in [0.5, 0.6) is 11.6 Å². The van der Waals surface area contributed by atoms with Gasteiger partial charge in [0.15, 0.2) is 5.52 Å². The van der Waals surface area contributed by atoms with E-state index in [1.54, 1.807) is 11.8 Å². The second kappa shape index (κ2) is 7.63. The summed E-state index contributed by atoms with van der Waals surface area (Å²) in [6, 6.07) is 17.7. The first kappa shape index (κ1) is 17.3. The van der Waals surface area contributed by atoms with Crippen LogP contribution in [0.3, 0.4) is 0 Å². The van der Waals surface area contributed by atoms with Crippen molar-refractivity contribution in [1.29, 1.82) is 0 Å². The summed E-state index contributed by atoms with van der Waals surface area (Å²) in [5.74, 6) is 1.20. The molecule has 4 rings (SSSR count). The first-order valence-corrected chi connectivity index (χ1v) is 8.79. The summed E-state index contributed by atoms with van der Waals surface area (Å²) >= 11 is 6.06. The normalized spacial score (nSPS) is 10.9. The van der Waals surface area contributed by atoms with Gasteiger partial charge in [0.05, 0.1) is 19.9 Å². The summed E-state index contributed by atoms with van der Waals surface area (Å²) in [5.41, 5.74) is 3.36. The van der Waals surface area contributed by atoms with Gasteiger partial charge in [-0.25, -0.2) is 4.98 Å². The molecule has 2 heterocycles. The molecule has 0 fully saturated rings. The lowest BCUT2D eigenvalue weighted by Gasteiger charge is -2.06. The molecule has 0 radical (unpaired) electrons. The van der Waals surface area contributed by atoms with Crippen molar-refractivity contribution < 1.29 is 9.47 Å². The minimum atomic E-state index is 0.134. The topological polar surface area (TPSA) is 62.1 Å². The molecular weight excluding hydrogens is 364 g/mol. The molecule has 0 spiro atoms. The summed E-state index contributed by atoms with van der Waals surface area (Å²) in [7, 11) is 1.65. The van der Waals surface area contributed by atoms with E-state index in [1.165, 1.54) is 0 Å². The van der Waals surface area contributed by atoms with E-state index < -0.39 is 0 Å². The van der Waals surface area contributed by atoms with Gasteiger partial charge in [-0.2, -0.15) is 10.1 Å². The maximum atomic E-state index is 6.06. The van der Waals surface area contributed by atoms with Crippen molar-refractivity contribution in [2.45, 2.75) is 13.2 Å². The first-order valence-electron chi connectivity index (χ1n) is 8.41. The molecule has 0 unspecified atom stereocenters. The second-order valence-corrected chi connectivity index (χ2v) is 6.32. The van der Waals surface area contributed by atoms with Crippen molar-refractivity contribution in [2.24, 2.45) is 0 Å². The molecule has 0 amide bonds. The molecule has 136 valence electrons. The molecule has 0 atom stereocenters. The molecule has 0 aliphatic carbocycles. The molecule has 0 aliphatic rings. The Morgan fingerprint density at radius 3 is 2.48 bits per heavy atom. The number of fused-ring (bicyclic) bond motifs is 1. The van der Waals surface area contributed by atoms with Crippen LogP contribution >= 0.6 is 11.6 Å². The van der Waals surface area contributed by atoms with Crippen LogP contribution in [0.15, 0.2) is 60.8 Å². The van der Waals surface area contributed by atoms with Gasteiger partial charge >= 0.3 is 0 Å². The summed E-state index contributed by atoms with van der Waals surface area (Å²) in [4.78, 5) is 8.45. The Bertz CT molecular complexity index is 1050. The summed E-state index contributed by atoms with van der Waals surface area (Å²) < 4.78 is 12.8. The standard InChI is InChI=1S/C20H17ClN4O2/c1-26-16-9-7-14(8-10-16)11-25-12-17-18(24-25)19(23-20(21)22-17)27-13-15-5-3-2-4-6-15/h2-10,12H,11,13H2,1H3. The lowest BCUT2D eigenvalue weighted by molar-refractivity contribution is 0.297. The van der Waals surface area contributed by atoms with E-state index >= 15 is 0 Å². The summed E-state index contributed by atoms with van der Waals surface area (Å²) in [6.45, 7) is 0.977. The Kier molecular flexibility index (Phi) is 4.89. The molecule has 0 aliphatic heterocycles. The molecule has 0 saturated heterocycles. The molecule has 7 heteroatoms. The smallest absolute Gasteiger partial charge is 0.247 e. The van der Waals surface area contributed by atoms with Crippen LogP contribution in [-0.2, 0) is 13.2 Å². The Balaban J connectivity index is 1.58. The third-order valence-electron chi connectivity index (χ3n) is 4.07. The second-order valence-electron chi connectivity index (χ2n) is 5.98. The highest BCUT2D eigenvalue weighted by molar-refractivity contribution is 6.28. The van der Waals surface area contributed by atoms with E-state index in [4.69, 9.17) is 21.1 Å². The lowest BCUT2D eigenvalue weighted by Crippen LogP contribution is -2.01. The predicted octanol–water partition coefficient (Wildman–Crippen LogP) is 4.12. The SMILES string of the molecule is COc1ccc(Cn2cc3nc(Cl)nc(OCc4ccccc4)c3n2)cc1. The Labute approximate surface area is 161 Å². The number of aromatic nitrogens is 4. The maximum absolute atomic E-state index is 6.06. The molecule has 6 nitrogen and oxygen atoms in total. The van der Waals surface area contributed by atoms with E-state index in [9.17, 15) is 0 Å². The fourth-order valence-electron chi connectivity index (χ4n) is 2.73. The van der Waals surface area contributed by atoms with Gasteiger partial charge in [-0.05, 0) is 34.9 Å². The van der Waals surface area contributed by atoms with Crippen molar-refractivity contribution in [3.05, 3.63) is 77.2 Å². The molecule has 2 aromatic heterocycles. The number of ether oxygens (including phenoxy) is 2. The molecule has 4 aromatic rings. The van der Waals surface area contributed by atoms with E-state index in [-0.39, 0.29) is 5.28 Å². The average Bonchev–Trinajstić information content (AvgIpc) is 3.09. The van der Waals surface area contributed by atoms with E-state index in [0.29, 0.717) is 30.1 Å². The summed E-state index contributed by atoms with van der Waals surface area (Å²) in [6.07, 6.45) is 1.84. The van der Waals surface area contributed by atoms with Crippen molar-refractivity contribution in [3.8, 4) is 11.6 Å². The number of methoxy groups -OCH3 is 1. The fourth-order valence-corrected chi connectivity index (χ4v) is 2.90. The third kappa shape index (κ3) is 4.01. The fraction of sp³-hybridized carbons (Fsp3) is 0.150. The van der Waals surface area contributed by atoms with Gasteiger partial charge in [0.1, 0.15) is 17.9 Å². The zero-order chi connectivity index (χ0) is 18.6. The van der Waals surface area contributed by atoms with Crippen molar-refractivity contribution >= 4 is 22.6 Å². The first-order chi connectivity index (χ1) is 13.2. The largest absolute Gasteiger partial charge is 0.497 e. The molecule has 27 heavy (non-hydrogen) atoms. The lowest BCUT2D eigenvalue weighted by atomic mass is 10.2. The minimum absolute atomic E-state index is 0.134. The zero-order valence-corrected chi connectivity index (χ0v) is 15.4. The maximum Gasteiger partial charge on any atom is 0.247 e.